The summed E-state index contributed by atoms with van der Waals surface area (Å²) in [5.74, 6) is -0.00824. The summed E-state index contributed by atoms with van der Waals surface area (Å²) in [6.07, 6.45) is 1.97. The third-order valence-electron chi connectivity index (χ3n) is 1.46. The Bertz CT molecular complexity index is 173. The predicted molar refractivity (Wildman–Crippen MR) is 52.9 cm³/mol. The maximum absolute atomic E-state index is 11.0. The summed E-state index contributed by atoms with van der Waals surface area (Å²) in [4.78, 5) is 11.0. The first-order valence-electron chi connectivity index (χ1n) is 4.43. The zero-order valence-corrected chi connectivity index (χ0v) is 8.73. The molecule has 5 heteroatoms. The number of rotatable bonds is 7. The van der Waals surface area contributed by atoms with E-state index in [0.29, 0.717) is 6.54 Å². The molecule has 0 aromatic heterocycles. The molecule has 0 heterocycles. The Kier molecular flexibility index (Phi) is 7.93. The Hall–Kier alpha value is -0.420. The van der Waals surface area contributed by atoms with Crippen molar-refractivity contribution < 1.29 is 14.1 Å². The lowest BCUT2D eigenvalue weighted by molar-refractivity contribution is -0.118. The Morgan fingerprint density at radius 1 is 1.54 bits per heavy atom. The highest BCUT2D eigenvalue weighted by atomic mass is 32.2. The van der Waals surface area contributed by atoms with E-state index in [9.17, 15) is 9.00 Å². The Morgan fingerprint density at radius 3 is 2.77 bits per heavy atom. The zero-order valence-electron chi connectivity index (χ0n) is 7.91. The van der Waals surface area contributed by atoms with E-state index in [1.54, 1.807) is 0 Å². The molecule has 0 bridgehead atoms. The van der Waals surface area contributed by atoms with E-state index >= 15 is 0 Å². The minimum Gasteiger partial charge on any atom is -0.395 e. The molecule has 0 spiro atoms. The highest BCUT2D eigenvalue weighted by Crippen LogP contribution is 1.85. The zero-order chi connectivity index (χ0) is 10.1. The minimum atomic E-state index is -1.22. The lowest BCUT2D eigenvalue weighted by Gasteiger charge is -2.02. The number of aliphatic hydroxyl groups is 1. The van der Waals surface area contributed by atoms with Crippen molar-refractivity contribution in [3.63, 3.8) is 0 Å². The monoisotopic (exact) mass is 207 g/mol. The molecule has 0 radical (unpaired) electrons. The van der Waals surface area contributed by atoms with Crippen molar-refractivity contribution in [3.05, 3.63) is 0 Å². The average Bonchev–Trinajstić information content (AvgIpc) is 2.05. The molecule has 0 aliphatic rings. The van der Waals surface area contributed by atoms with Crippen LogP contribution in [0.4, 0.5) is 0 Å². The van der Waals surface area contributed by atoms with Gasteiger partial charge in [-0.3, -0.25) is 9.00 Å². The van der Waals surface area contributed by atoms with Crippen LogP contribution in [0.15, 0.2) is 0 Å². The number of amides is 1. The summed E-state index contributed by atoms with van der Waals surface area (Å²) >= 11 is 0. The third kappa shape index (κ3) is 7.93. The van der Waals surface area contributed by atoms with Gasteiger partial charge in [0.05, 0.1) is 6.61 Å². The summed E-state index contributed by atoms with van der Waals surface area (Å²) in [7, 11) is -1.22. The van der Waals surface area contributed by atoms with Gasteiger partial charge in [-0.05, 0) is 6.42 Å². The van der Waals surface area contributed by atoms with Gasteiger partial charge in [-0.1, -0.05) is 13.3 Å². The van der Waals surface area contributed by atoms with Crippen molar-refractivity contribution in [2.75, 3.05) is 24.7 Å². The molecular weight excluding hydrogens is 190 g/mol. The molecule has 0 rings (SSSR count). The number of unbranched alkanes of at least 4 members (excludes halogenated alkanes) is 1. The smallest absolute Gasteiger partial charge is 0.232 e. The molecule has 13 heavy (non-hydrogen) atoms. The summed E-state index contributed by atoms with van der Waals surface area (Å²) in [6, 6.07) is 0. The second-order valence-electron chi connectivity index (χ2n) is 2.72. The molecule has 1 unspecified atom stereocenters. The summed E-state index contributed by atoms with van der Waals surface area (Å²) in [5.41, 5.74) is 0. The van der Waals surface area contributed by atoms with Gasteiger partial charge in [-0.15, -0.1) is 0 Å². The molecular formula is C8H17NO3S. The van der Waals surface area contributed by atoms with E-state index in [2.05, 4.69) is 5.32 Å². The molecule has 0 saturated carbocycles. The fourth-order valence-electron chi connectivity index (χ4n) is 0.776. The van der Waals surface area contributed by atoms with Crippen molar-refractivity contribution in [1.29, 1.82) is 0 Å². The van der Waals surface area contributed by atoms with E-state index < -0.39 is 10.8 Å². The molecule has 0 aromatic carbocycles. The number of hydrogen-bond donors (Lipinski definition) is 2. The number of hydrogen-bond acceptors (Lipinski definition) is 3. The first-order valence-corrected chi connectivity index (χ1v) is 5.92. The highest BCUT2D eigenvalue weighted by Gasteiger charge is 2.05. The highest BCUT2D eigenvalue weighted by molar-refractivity contribution is 7.85. The maximum atomic E-state index is 11.0. The molecule has 78 valence electrons. The Morgan fingerprint density at radius 2 is 2.23 bits per heavy atom. The van der Waals surface area contributed by atoms with Gasteiger partial charge in [0.25, 0.3) is 0 Å². The molecule has 1 atom stereocenters. The molecule has 0 fully saturated rings. The van der Waals surface area contributed by atoms with Gasteiger partial charge in [0.15, 0.2) is 0 Å². The van der Waals surface area contributed by atoms with Crippen LogP contribution < -0.4 is 5.32 Å². The topological polar surface area (TPSA) is 66.4 Å². The van der Waals surface area contributed by atoms with E-state index in [0.717, 1.165) is 12.8 Å². The second-order valence-corrected chi connectivity index (χ2v) is 4.29. The van der Waals surface area contributed by atoms with Crippen LogP contribution in [0.25, 0.3) is 0 Å². The Labute approximate surface area is 81.2 Å². The average molecular weight is 207 g/mol. The van der Waals surface area contributed by atoms with Gasteiger partial charge in [-0.25, -0.2) is 0 Å². The van der Waals surface area contributed by atoms with Crippen molar-refractivity contribution in [1.82, 2.24) is 5.32 Å². The molecule has 0 aliphatic carbocycles. The SMILES string of the molecule is CCCCNC(=O)CS(=O)CCO. The first-order chi connectivity index (χ1) is 6.20. The van der Waals surface area contributed by atoms with E-state index in [4.69, 9.17) is 5.11 Å². The van der Waals surface area contributed by atoms with E-state index in [1.165, 1.54) is 0 Å². The molecule has 2 N–H and O–H groups in total. The molecule has 0 aromatic rings. The second kappa shape index (κ2) is 8.19. The fourth-order valence-corrected chi connectivity index (χ4v) is 1.52. The van der Waals surface area contributed by atoms with Gasteiger partial charge < -0.3 is 10.4 Å². The lowest BCUT2D eigenvalue weighted by Crippen LogP contribution is -2.30. The van der Waals surface area contributed by atoms with Crippen molar-refractivity contribution >= 4 is 16.7 Å². The van der Waals surface area contributed by atoms with Crippen LogP contribution in [0.2, 0.25) is 0 Å². The number of carbonyl (C=O) groups is 1. The molecule has 0 saturated heterocycles. The van der Waals surface area contributed by atoms with Gasteiger partial charge in [-0.2, -0.15) is 0 Å². The molecule has 0 aliphatic heterocycles. The molecule has 4 nitrogen and oxygen atoms in total. The van der Waals surface area contributed by atoms with Crippen LogP contribution in [-0.4, -0.2) is 39.9 Å². The quantitative estimate of drug-likeness (QED) is 0.560. The van der Waals surface area contributed by atoms with Crippen molar-refractivity contribution in [2.45, 2.75) is 19.8 Å². The third-order valence-corrected chi connectivity index (χ3v) is 2.69. The molecule has 1 amide bonds. The van der Waals surface area contributed by atoms with Crippen molar-refractivity contribution in [2.24, 2.45) is 0 Å². The van der Waals surface area contributed by atoms with Crippen LogP contribution in [0.5, 0.6) is 0 Å². The van der Waals surface area contributed by atoms with Gasteiger partial charge in [0.1, 0.15) is 5.75 Å². The normalized spacial score (nSPS) is 12.5. The van der Waals surface area contributed by atoms with E-state index in [1.807, 2.05) is 6.92 Å². The van der Waals surface area contributed by atoms with Crippen LogP contribution in [0.1, 0.15) is 19.8 Å². The van der Waals surface area contributed by atoms with Crippen LogP contribution in [0.3, 0.4) is 0 Å². The van der Waals surface area contributed by atoms with Gasteiger partial charge in [0, 0.05) is 23.1 Å². The van der Waals surface area contributed by atoms with Crippen molar-refractivity contribution in [3.8, 4) is 0 Å². The Balaban J connectivity index is 3.44. The summed E-state index contributed by atoms with van der Waals surface area (Å²) in [5, 5.41) is 11.1. The number of carbonyl (C=O) groups excluding carboxylic acids is 1. The van der Waals surface area contributed by atoms with Crippen LogP contribution in [0, 0.1) is 0 Å². The summed E-state index contributed by atoms with van der Waals surface area (Å²) in [6.45, 7) is 2.55. The van der Waals surface area contributed by atoms with Gasteiger partial charge in [0.2, 0.25) is 5.91 Å². The lowest BCUT2D eigenvalue weighted by atomic mass is 10.3. The maximum Gasteiger partial charge on any atom is 0.232 e. The fraction of sp³-hybridized carbons (Fsp3) is 0.875. The van der Waals surface area contributed by atoms with Crippen LogP contribution in [-0.2, 0) is 15.6 Å². The standard InChI is InChI=1S/C8H17NO3S/c1-2-3-4-9-8(11)7-13(12)6-5-10/h10H,2-7H2,1H3,(H,9,11). The first kappa shape index (κ1) is 12.6. The predicted octanol–water partition coefficient (Wildman–Crippen LogP) is -0.356. The largest absolute Gasteiger partial charge is 0.395 e. The summed E-state index contributed by atoms with van der Waals surface area (Å²) < 4.78 is 11.0. The van der Waals surface area contributed by atoms with E-state index in [-0.39, 0.29) is 24.0 Å². The van der Waals surface area contributed by atoms with Crippen LogP contribution >= 0.6 is 0 Å². The van der Waals surface area contributed by atoms with Gasteiger partial charge >= 0.3 is 0 Å². The minimum absolute atomic E-state index is 0.00424. The number of aliphatic hydroxyl groups excluding tert-OH is 1. The number of nitrogens with one attached hydrogen (secondary N) is 1.